The van der Waals surface area contributed by atoms with Gasteiger partial charge < -0.3 is 14.7 Å². The molecule has 0 spiro atoms. The predicted octanol–water partition coefficient (Wildman–Crippen LogP) is 4.30. The van der Waals surface area contributed by atoms with E-state index < -0.39 is 6.09 Å². The molecule has 0 aromatic heterocycles. The molecule has 0 aliphatic carbocycles. The molecule has 4 nitrogen and oxygen atoms in total. The third-order valence-corrected chi connectivity index (χ3v) is 4.92. The molecular formula is C16H21Cl2NO3. The van der Waals surface area contributed by atoms with Crippen LogP contribution in [0.5, 0.6) is 5.75 Å². The summed E-state index contributed by atoms with van der Waals surface area (Å²) in [6.07, 6.45) is 1.41. The molecule has 22 heavy (non-hydrogen) atoms. The molecule has 0 radical (unpaired) electrons. The van der Waals surface area contributed by atoms with Gasteiger partial charge in [0.25, 0.3) is 0 Å². The molecule has 0 atom stereocenters. The quantitative estimate of drug-likeness (QED) is 0.827. The zero-order valence-electron chi connectivity index (χ0n) is 12.9. The van der Waals surface area contributed by atoms with Crippen molar-refractivity contribution in [3.63, 3.8) is 0 Å². The molecule has 0 saturated carbocycles. The first-order valence-corrected chi connectivity index (χ1v) is 8.30. The maximum atomic E-state index is 11.0. The van der Waals surface area contributed by atoms with Gasteiger partial charge in [0.1, 0.15) is 5.75 Å². The second kappa shape index (κ2) is 7.42. The lowest BCUT2D eigenvalue weighted by atomic mass is 9.84. The van der Waals surface area contributed by atoms with E-state index in [0.717, 1.165) is 40.3 Å². The number of hydrogen-bond donors (Lipinski definition) is 1. The van der Waals surface area contributed by atoms with Gasteiger partial charge in [-0.3, -0.25) is 0 Å². The molecule has 2 rings (SSSR count). The topological polar surface area (TPSA) is 49.8 Å². The van der Waals surface area contributed by atoms with Gasteiger partial charge in [-0.15, -0.1) is 11.6 Å². The number of carbonyl (C=O) groups is 1. The maximum Gasteiger partial charge on any atom is 0.407 e. The lowest BCUT2D eigenvalue weighted by Crippen LogP contribution is -2.37. The van der Waals surface area contributed by atoms with Crippen molar-refractivity contribution in [2.45, 2.75) is 32.1 Å². The van der Waals surface area contributed by atoms with Crippen molar-refractivity contribution in [2.75, 3.05) is 26.1 Å². The van der Waals surface area contributed by atoms with Gasteiger partial charge in [-0.2, -0.15) is 0 Å². The number of likely N-dealkylation sites (tertiary alicyclic amines) is 1. The average Bonchev–Trinajstić information content (AvgIpc) is 2.50. The van der Waals surface area contributed by atoms with E-state index in [1.807, 2.05) is 13.0 Å². The number of rotatable bonds is 4. The molecule has 1 saturated heterocycles. The van der Waals surface area contributed by atoms with Crippen LogP contribution >= 0.6 is 23.2 Å². The molecule has 1 amide bonds. The molecule has 1 aliphatic rings. The Morgan fingerprint density at radius 1 is 1.45 bits per heavy atom. The van der Waals surface area contributed by atoms with E-state index in [1.165, 1.54) is 4.90 Å². The van der Waals surface area contributed by atoms with E-state index in [0.29, 0.717) is 25.4 Å². The summed E-state index contributed by atoms with van der Waals surface area (Å²) in [6.45, 7) is 3.08. The normalized spacial score (nSPS) is 15.9. The van der Waals surface area contributed by atoms with Crippen molar-refractivity contribution in [1.82, 2.24) is 4.90 Å². The Morgan fingerprint density at radius 3 is 2.59 bits per heavy atom. The van der Waals surface area contributed by atoms with Crippen molar-refractivity contribution in [3.05, 3.63) is 27.8 Å². The predicted molar refractivity (Wildman–Crippen MR) is 88.7 cm³/mol. The molecule has 6 heteroatoms. The molecule has 0 unspecified atom stereocenters. The Hall–Kier alpha value is -1.13. The highest BCUT2D eigenvalue weighted by atomic mass is 35.5. The van der Waals surface area contributed by atoms with Crippen LogP contribution in [-0.2, 0) is 6.42 Å². The summed E-state index contributed by atoms with van der Waals surface area (Å²) in [4.78, 5) is 12.5. The third-order valence-electron chi connectivity index (χ3n) is 4.34. The minimum atomic E-state index is -0.851. The van der Waals surface area contributed by atoms with E-state index in [9.17, 15) is 4.79 Å². The molecule has 1 aromatic rings. The third kappa shape index (κ3) is 3.44. The Kier molecular flexibility index (Phi) is 5.81. The fourth-order valence-corrected chi connectivity index (χ4v) is 3.62. The van der Waals surface area contributed by atoms with Gasteiger partial charge in [-0.25, -0.2) is 4.79 Å². The standard InChI is InChI=1S/C16H21Cl2NO3/c1-10-13(18)9-12(3-6-17)15(22-2)14(10)11-4-7-19(8-5-11)16(20)21/h9,11H,3-8H2,1-2H3,(H,20,21). The van der Waals surface area contributed by atoms with E-state index in [4.69, 9.17) is 33.0 Å². The number of aryl methyl sites for hydroxylation is 1. The van der Waals surface area contributed by atoms with Crippen LogP contribution in [0.15, 0.2) is 6.07 Å². The van der Waals surface area contributed by atoms with Crippen molar-refractivity contribution < 1.29 is 14.6 Å². The number of nitrogens with zero attached hydrogens (tertiary/aromatic N) is 1. The largest absolute Gasteiger partial charge is 0.496 e. The molecule has 1 aromatic carbocycles. The maximum absolute atomic E-state index is 11.0. The summed E-state index contributed by atoms with van der Waals surface area (Å²) >= 11 is 12.3. The smallest absolute Gasteiger partial charge is 0.407 e. The van der Waals surface area contributed by atoms with Crippen LogP contribution in [0.1, 0.15) is 35.4 Å². The average molecular weight is 346 g/mol. The van der Waals surface area contributed by atoms with E-state index in [2.05, 4.69) is 0 Å². The molecule has 1 heterocycles. The summed E-state index contributed by atoms with van der Waals surface area (Å²) in [5.74, 6) is 1.63. The molecule has 1 fully saturated rings. The number of amides is 1. The summed E-state index contributed by atoms with van der Waals surface area (Å²) in [5, 5.41) is 9.79. The number of benzene rings is 1. The molecule has 122 valence electrons. The van der Waals surface area contributed by atoms with E-state index in [-0.39, 0.29) is 5.92 Å². The molecule has 1 N–H and O–H groups in total. The lowest BCUT2D eigenvalue weighted by molar-refractivity contribution is 0.132. The van der Waals surface area contributed by atoms with Crippen LogP contribution < -0.4 is 4.74 Å². The first kappa shape index (κ1) is 17.2. The van der Waals surface area contributed by atoms with Crippen LogP contribution in [0.25, 0.3) is 0 Å². The summed E-state index contributed by atoms with van der Waals surface area (Å²) in [6, 6.07) is 1.92. The highest BCUT2D eigenvalue weighted by Crippen LogP contribution is 2.41. The SMILES string of the molecule is COc1c(CCCl)cc(Cl)c(C)c1C1CCN(C(=O)O)CC1. The number of methoxy groups -OCH3 is 1. The second-order valence-electron chi connectivity index (χ2n) is 5.57. The van der Waals surface area contributed by atoms with Crippen LogP contribution in [0, 0.1) is 6.92 Å². The van der Waals surface area contributed by atoms with Gasteiger partial charge in [0.2, 0.25) is 0 Å². The van der Waals surface area contributed by atoms with Gasteiger partial charge in [0.15, 0.2) is 0 Å². The number of alkyl halides is 1. The van der Waals surface area contributed by atoms with Crippen LogP contribution in [0.4, 0.5) is 4.79 Å². The first-order chi connectivity index (χ1) is 10.5. The minimum Gasteiger partial charge on any atom is -0.496 e. The summed E-state index contributed by atoms with van der Waals surface area (Å²) < 4.78 is 5.65. The number of hydrogen-bond acceptors (Lipinski definition) is 2. The highest BCUT2D eigenvalue weighted by molar-refractivity contribution is 6.31. The van der Waals surface area contributed by atoms with Gasteiger partial charge in [0, 0.05) is 29.6 Å². The van der Waals surface area contributed by atoms with Gasteiger partial charge >= 0.3 is 6.09 Å². The minimum absolute atomic E-state index is 0.262. The van der Waals surface area contributed by atoms with Gasteiger partial charge in [-0.1, -0.05) is 11.6 Å². The number of carboxylic acid groups (broad SMARTS) is 1. The number of ether oxygens (including phenoxy) is 1. The second-order valence-corrected chi connectivity index (χ2v) is 6.36. The monoisotopic (exact) mass is 345 g/mol. The lowest BCUT2D eigenvalue weighted by Gasteiger charge is -2.32. The molecule has 0 bridgehead atoms. The Labute approximate surface area is 141 Å². The Bertz CT molecular complexity index is 555. The van der Waals surface area contributed by atoms with Crippen LogP contribution in [0.3, 0.4) is 0 Å². The van der Waals surface area contributed by atoms with Gasteiger partial charge in [0.05, 0.1) is 7.11 Å². The summed E-state index contributed by atoms with van der Waals surface area (Å²) in [5.41, 5.74) is 3.15. The first-order valence-electron chi connectivity index (χ1n) is 7.39. The van der Waals surface area contributed by atoms with E-state index >= 15 is 0 Å². The van der Waals surface area contributed by atoms with Crippen LogP contribution in [0.2, 0.25) is 5.02 Å². The fourth-order valence-electron chi connectivity index (χ4n) is 3.18. The van der Waals surface area contributed by atoms with Crippen molar-refractivity contribution in [2.24, 2.45) is 0 Å². The fraction of sp³-hybridized carbons (Fsp3) is 0.562. The Balaban J connectivity index is 2.35. The zero-order chi connectivity index (χ0) is 16.3. The zero-order valence-corrected chi connectivity index (χ0v) is 14.4. The van der Waals surface area contributed by atoms with Crippen molar-refractivity contribution >= 4 is 29.3 Å². The molecular weight excluding hydrogens is 325 g/mol. The van der Waals surface area contributed by atoms with Crippen LogP contribution in [-0.4, -0.2) is 42.2 Å². The number of halogens is 2. The van der Waals surface area contributed by atoms with Crippen molar-refractivity contribution in [3.8, 4) is 5.75 Å². The Morgan fingerprint density at radius 2 is 2.09 bits per heavy atom. The van der Waals surface area contributed by atoms with E-state index in [1.54, 1.807) is 7.11 Å². The molecule has 1 aliphatic heterocycles. The van der Waals surface area contributed by atoms with Gasteiger partial charge in [-0.05, 0) is 49.3 Å². The summed E-state index contributed by atoms with van der Waals surface area (Å²) in [7, 11) is 1.66. The highest BCUT2D eigenvalue weighted by Gasteiger charge is 2.28. The van der Waals surface area contributed by atoms with Crippen molar-refractivity contribution in [1.29, 1.82) is 0 Å². The number of piperidine rings is 1.